The molecule has 192 valence electrons. The number of halogens is 1. The highest BCUT2D eigenvalue weighted by Crippen LogP contribution is 2.29. The van der Waals surface area contributed by atoms with Crippen LogP contribution in [0.1, 0.15) is 23.1 Å². The van der Waals surface area contributed by atoms with Crippen molar-refractivity contribution in [1.29, 1.82) is 0 Å². The summed E-state index contributed by atoms with van der Waals surface area (Å²) in [5.41, 5.74) is 7.17. The van der Waals surface area contributed by atoms with Crippen LogP contribution in [-0.4, -0.2) is 83.3 Å². The molecule has 3 heterocycles. The van der Waals surface area contributed by atoms with Crippen LogP contribution in [0.5, 0.6) is 0 Å². The van der Waals surface area contributed by atoms with E-state index in [0.717, 1.165) is 13.1 Å². The molecule has 2 saturated heterocycles. The zero-order valence-electron chi connectivity index (χ0n) is 20.3. The number of piperazine rings is 2. The molecule has 0 bridgehead atoms. The number of primary amides is 1. The van der Waals surface area contributed by atoms with Crippen molar-refractivity contribution in [3.63, 3.8) is 0 Å². The largest absolute Gasteiger partial charge is 0.367 e. The molecule has 0 radical (unpaired) electrons. The third kappa shape index (κ3) is 5.54. The van der Waals surface area contributed by atoms with Gasteiger partial charge in [0.1, 0.15) is 5.82 Å². The van der Waals surface area contributed by atoms with Gasteiger partial charge in [0.15, 0.2) is 17.3 Å². The maximum Gasteiger partial charge on any atom is 0.271 e. The fourth-order valence-electron chi connectivity index (χ4n) is 4.39. The number of thiol groups is 1. The topological polar surface area (TPSA) is 111 Å². The number of rotatable bonds is 7. The molecule has 2 amide bonds. The molecular weight excluding hydrogens is 483 g/mol. The molecule has 2 aliphatic rings. The first-order valence-electron chi connectivity index (χ1n) is 11.9. The van der Waals surface area contributed by atoms with Gasteiger partial charge in [-0.25, -0.2) is 18.7 Å². The molecule has 2 aromatic rings. The van der Waals surface area contributed by atoms with Gasteiger partial charge in [-0.2, -0.15) is 0 Å². The van der Waals surface area contributed by atoms with Crippen LogP contribution in [0, 0.1) is 5.82 Å². The van der Waals surface area contributed by atoms with Crippen molar-refractivity contribution >= 4 is 47.6 Å². The monoisotopic (exact) mass is 514 g/mol. The van der Waals surface area contributed by atoms with Crippen LogP contribution in [0.4, 0.5) is 27.4 Å². The van der Waals surface area contributed by atoms with E-state index in [1.807, 2.05) is 21.0 Å². The number of aryl methyl sites for hydroxylation is 1. The normalized spacial score (nSPS) is 16.7. The maximum atomic E-state index is 15.0. The Hall–Kier alpha value is -3.38. The van der Waals surface area contributed by atoms with E-state index in [1.54, 1.807) is 17.0 Å². The average Bonchev–Trinajstić information content (AvgIpc) is 2.88. The molecule has 0 spiro atoms. The standard InChI is InChI=1S/C24H31FN8O2S/c1-3-18-24(32-9-7-31(8-10-32)20(34)4-2)29-23(21(28-18)22(26)35)27-16-5-6-19(17(25)15-16)30-11-13-33(36)14-12-30/h4-6,15,36H,2-3,7-14H2,1H3,(H2,26,35)(H,27,29). The Bertz CT molecular complexity index is 1150. The van der Waals surface area contributed by atoms with E-state index >= 15 is 4.39 Å². The zero-order valence-corrected chi connectivity index (χ0v) is 21.2. The highest BCUT2D eigenvalue weighted by Gasteiger charge is 2.25. The average molecular weight is 515 g/mol. The lowest BCUT2D eigenvalue weighted by molar-refractivity contribution is -0.126. The summed E-state index contributed by atoms with van der Waals surface area (Å²) in [7, 11) is 0. The summed E-state index contributed by atoms with van der Waals surface area (Å²) in [5.74, 6) is -0.447. The highest BCUT2D eigenvalue weighted by molar-refractivity contribution is 7.77. The fourth-order valence-corrected chi connectivity index (χ4v) is 4.57. The number of carbonyl (C=O) groups is 2. The molecule has 12 heteroatoms. The lowest BCUT2D eigenvalue weighted by Gasteiger charge is -2.35. The van der Waals surface area contributed by atoms with E-state index in [0.29, 0.717) is 68.6 Å². The molecule has 0 saturated carbocycles. The van der Waals surface area contributed by atoms with E-state index in [9.17, 15) is 9.59 Å². The van der Waals surface area contributed by atoms with E-state index in [2.05, 4.69) is 29.7 Å². The number of amides is 2. The second-order valence-corrected chi connectivity index (χ2v) is 9.22. The number of nitrogens with one attached hydrogen (secondary N) is 1. The third-order valence-electron chi connectivity index (χ3n) is 6.39. The fraction of sp³-hybridized carbons (Fsp3) is 0.417. The first-order chi connectivity index (χ1) is 17.3. The molecule has 3 N–H and O–H groups in total. The summed E-state index contributed by atoms with van der Waals surface area (Å²) < 4.78 is 16.9. The second-order valence-electron chi connectivity index (χ2n) is 8.66. The van der Waals surface area contributed by atoms with Gasteiger partial charge >= 0.3 is 0 Å². The van der Waals surface area contributed by atoms with E-state index < -0.39 is 5.91 Å². The quantitative estimate of drug-likeness (QED) is 0.379. The van der Waals surface area contributed by atoms with Crippen LogP contribution < -0.4 is 20.9 Å². The molecular formula is C24H31FN8O2S. The SMILES string of the molecule is C=CC(=O)N1CCN(c2nc(Nc3ccc(N4CCN(S)CC4)c(F)c3)c(C(N)=O)nc2CC)CC1. The Balaban J connectivity index is 1.59. The molecule has 2 aliphatic heterocycles. The summed E-state index contributed by atoms with van der Waals surface area (Å²) in [4.78, 5) is 39.1. The summed E-state index contributed by atoms with van der Waals surface area (Å²) in [6.07, 6.45) is 1.85. The number of hydrogen-bond acceptors (Lipinski definition) is 9. The van der Waals surface area contributed by atoms with Crippen LogP contribution in [0.15, 0.2) is 30.9 Å². The maximum absolute atomic E-state index is 15.0. The Morgan fingerprint density at radius 2 is 1.78 bits per heavy atom. The number of hydrogen-bond donors (Lipinski definition) is 3. The van der Waals surface area contributed by atoms with Crippen molar-refractivity contribution < 1.29 is 14.0 Å². The predicted molar refractivity (Wildman–Crippen MR) is 141 cm³/mol. The molecule has 0 unspecified atom stereocenters. The molecule has 36 heavy (non-hydrogen) atoms. The van der Waals surface area contributed by atoms with Gasteiger partial charge in [-0.15, -0.1) is 0 Å². The van der Waals surface area contributed by atoms with E-state index in [1.165, 1.54) is 12.1 Å². The van der Waals surface area contributed by atoms with Gasteiger partial charge in [0.05, 0.1) is 11.4 Å². The third-order valence-corrected chi connectivity index (χ3v) is 6.79. The molecule has 0 atom stereocenters. The van der Waals surface area contributed by atoms with Gasteiger partial charge in [-0.1, -0.05) is 26.3 Å². The molecule has 2 fully saturated rings. The Labute approximate surface area is 215 Å². The van der Waals surface area contributed by atoms with Gasteiger partial charge in [0.2, 0.25) is 5.91 Å². The predicted octanol–water partition coefficient (Wildman–Crippen LogP) is 1.82. The van der Waals surface area contributed by atoms with E-state index in [-0.39, 0.29) is 23.2 Å². The zero-order chi connectivity index (χ0) is 25.8. The summed E-state index contributed by atoms with van der Waals surface area (Å²) in [6, 6.07) is 4.83. The second kappa shape index (κ2) is 11.1. The van der Waals surface area contributed by atoms with Crippen LogP contribution in [-0.2, 0) is 11.2 Å². The number of aromatic nitrogens is 2. The first-order valence-corrected chi connectivity index (χ1v) is 12.3. The summed E-state index contributed by atoms with van der Waals surface area (Å²) in [5, 5.41) is 3.04. The highest BCUT2D eigenvalue weighted by atomic mass is 32.1. The van der Waals surface area contributed by atoms with Crippen molar-refractivity contribution in [3.05, 3.63) is 48.1 Å². The first kappa shape index (κ1) is 25.7. The Morgan fingerprint density at radius 1 is 1.11 bits per heavy atom. The minimum atomic E-state index is -0.727. The number of carbonyl (C=O) groups excluding carboxylic acids is 2. The Kier molecular flexibility index (Phi) is 7.94. The van der Waals surface area contributed by atoms with Gasteiger partial charge < -0.3 is 25.8 Å². The van der Waals surface area contributed by atoms with E-state index in [4.69, 9.17) is 10.7 Å². The Morgan fingerprint density at radius 3 is 2.36 bits per heavy atom. The molecule has 4 rings (SSSR count). The van der Waals surface area contributed by atoms with Gasteiger partial charge in [-0.3, -0.25) is 9.59 Å². The van der Waals surface area contributed by atoms with Crippen molar-refractivity contribution in [2.45, 2.75) is 13.3 Å². The van der Waals surface area contributed by atoms with Crippen molar-refractivity contribution in [2.75, 3.05) is 67.5 Å². The van der Waals surface area contributed by atoms with Crippen LogP contribution in [0.2, 0.25) is 0 Å². The summed E-state index contributed by atoms with van der Waals surface area (Å²) >= 11 is 4.34. The molecule has 1 aromatic carbocycles. The number of anilines is 4. The molecule has 0 aliphatic carbocycles. The van der Waals surface area contributed by atoms with Crippen LogP contribution in [0.3, 0.4) is 0 Å². The van der Waals surface area contributed by atoms with Crippen LogP contribution >= 0.6 is 12.8 Å². The van der Waals surface area contributed by atoms with Gasteiger partial charge in [-0.05, 0) is 30.7 Å². The van der Waals surface area contributed by atoms with Crippen molar-refractivity contribution in [3.8, 4) is 0 Å². The minimum absolute atomic E-state index is 0.00884. The van der Waals surface area contributed by atoms with Gasteiger partial charge in [0, 0.05) is 58.0 Å². The molecule has 1 aromatic heterocycles. The lowest BCUT2D eigenvalue weighted by Crippen LogP contribution is -2.49. The number of nitrogens with zero attached hydrogens (tertiary/aromatic N) is 6. The van der Waals surface area contributed by atoms with Gasteiger partial charge in [0.25, 0.3) is 5.91 Å². The lowest BCUT2D eigenvalue weighted by atomic mass is 10.2. The van der Waals surface area contributed by atoms with Crippen molar-refractivity contribution in [2.24, 2.45) is 5.73 Å². The molecule has 10 nitrogen and oxygen atoms in total. The summed E-state index contributed by atoms with van der Waals surface area (Å²) in [6.45, 7) is 10.4. The van der Waals surface area contributed by atoms with Crippen LogP contribution in [0.25, 0.3) is 0 Å². The number of nitrogens with two attached hydrogens (primary N) is 1. The smallest absolute Gasteiger partial charge is 0.271 e. The number of benzene rings is 1. The minimum Gasteiger partial charge on any atom is -0.367 e. The van der Waals surface area contributed by atoms with Crippen molar-refractivity contribution in [1.82, 2.24) is 19.2 Å².